The summed E-state index contributed by atoms with van der Waals surface area (Å²) < 4.78 is 0. The molecule has 0 spiro atoms. The smallest absolute Gasteiger partial charge is 0.0271 e. The van der Waals surface area contributed by atoms with Gasteiger partial charge >= 0.3 is 0 Å². The molecule has 0 saturated heterocycles. The van der Waals surface area contributed by atoms with Gasteiger partial charge in [0, 0.05) is 38.1 Å². The van der Waals surface area contributed by atoms with Crippen LogP contribution in [0.4, 0.5) is 0 Å². The lowest BCUT2D eigenvalue weighted by atomic mass is 10.2. The summed E-state index contributed by atoms with van der Waals surface area (Å²) in [6.45, 7) is 5.49. The Morgan fingerprint density at radius 2 is 2.12 bits per heavy atom. The molecule has 1 aromatic heterocycles. The first-order valence-corrected chi connectivity index (χ1v) is 6.56. The molecular formula is C14H23N3. The molecule has 1 aliphatic rings. The Kier molecular flexibility index (Phi) is 4.51. The Labute approximate surface area is 104 Å². The molecule has 1 heterocycles. The summed E-state index contributed by atoms with van der Waals surface area (Å²) in [5, 5.41) is 3.61. The topological polar surface area (TPSA) is 28.2 Å². The number of hydrogen-bond acceptors (Lipinski definition) is 3. The third kappa shape index (κ3) is 4.44. The minimum absolute atomic E-state index is 0.698. The fourth-order valence-corrected chi connectivity index (χ4v) is 2.12. The molecule has 0 amide bonds. The maximum absolute atomic E-state index is 4.03. The number of nitrogens with zero attached hydrogens (tertiary/aromatic N) is 2. The minimum Gasteiger partial charge on any atom is -0.313 e. The molecule has 1 aliphatic carbocycles. The van der Waals surface area contributed by atoms with Crippen LogP contribution in [-0.4, -0.2) is 36.1 Å². The van der Waals surface area contributed by atoms with E-state index < -0.39 is 0 Å². The zero-order valence-electron chi connectivity index (χ0n) is 10.9. The molecule has 94 valence electrons. The van der Waals surface area contributed by atoms with Crippen LogP contribution in [0.2, 0.25) is 0 Å². The van der Waals surface area contributed by atoms with Gasteiger partial charge < -0.3 is 10.2 Å². The van der Waals surface area contributed by atoms with Gasteiger partial charge in [0.1, 0.15) is 0 Å². The Morgan fingerprint density at radius 3 is 2.76 bits per heavy atom. The van der Waals surface area contributed by atoms with Crippen molar-refractivity contribution in [3.05, 3.63) is 30.1 Å². The van der Waals surface area contributed by atoms with E-state index in [4.69, 9.17) is 0 Å². The lowest BCUT2D eigenvalue weighted by Crippen LogP contribution is -2.35. The molecule has 0 radical (unpaired) electrons. The van der Waals surface area contributed by atoms with E-state index >= 15 is 0 Å². The number of pyridine rings is 1. The molecule has 1 N–H and O–H groups in total. The van der Waals surface area contributed by atoms with Crippen molar-refractivity contribution < 1.29 is 0 Å². The third-order valence-corrected chi connectivity index (χ3v) is 3.49. The van der Waals surface area contributed by atoms with E-state index in [9.17, 15) is 0 Å². The van der Waals surface area contributed by atoms with Gasteiger partial charge in [-0.25, -0.2) is 0 Å². The van der Waals surface area contributed by atoms with Gasteiger partial charge in [0.25, 0.3) is 0 Å². The van der Waals surface area contributed by atoms with Crippen LogP contribution in [-0.2, 0) is 6.54 Å². The quantitative estimate of drug-likeness (QED) is 0.779. The average Bonchev–Trinajstić information content (AvgIpc) is 3.14. The molecule has 17 heavy (non-hydrogen) atoms. The van der Waals surface area contributed by atoms with E-state index in [-0.39, 0.29) is 0 Å². The molecule has 1 fully saturated rings. The van der Waals surface area contributed by atoms with Crippen molar-refractivity contribution in [3.8, 4) is 0 Å². The average molecular weight is 233 g/mol. The molecule has 0 aliphatic heterocycles. The van der Waals surface area contributed by atoms with E-state index in [2.05, 4.69) is 41.3 Å². The van der Waals surface area contributed by atoms with Gasteiger partial charge in [-0.3, -0.25) is 4.98 Å². The summed E-state index contributed by atoms with van der Waals surface area (Å²) in [7, 11) is 2.17. The van der Waals surface area contributed by atoms with Crippen molar-refractivity contribution >= 4 is 0 Å². The van der Waals surface area contributed by atoms with E-state index in [1.807, 2.05) is 12.4 Å². The van der Waals surface area contributed by atoms with E-state index in [1.165, 1.54) is 18.4 Å². The van der Waals surface area contributed by atoms with Gasteiger partial charge in [-0.2, -0.15) is 0 Å². The van der Waals surface area contributed by atoms with Gasteiger partial charge in [-0.15, -0.1) is 0 Å². The van der Waals surface area contributed by atoms with Crippen LogP contribution in [0, 0.1) is 5.92 Å². The fraction of sp³-hybridized carbons (Fsp3) is 0.643. The lowest BCUT2D eigenvalue weighted by Gasteiger charge is -2.19. The predicted octanol–water partition coefficient (Wildman–Crippen LogP) is 1.90. The van der Waals surface area contributed by atoms with Crippen LogP contribution in [0.15, 0.2) is 24.5 Å². The van der Waals surface area contributed by atoms with Crippen LogP contribution in [0.3, 0.4) is 0 Å². The van der Waals surface area contributed by atoms with Crippen LogP contribution in [0.5, 0.6) is 0 Å². The van der Waals surface area contributed by atoms with Crippen molar-refractivity contribution in [3.63, 3.8) is 0 Å². The van der Waals surface area contributed by atoms with Gasteiger partial charge in [0.2, 0.25) is 0 Å². The number of likely N-dealkylation sites (N-methyl/N-ethyl adjacent to an activating group) is 1. The highest BCUT2D eigenvalue weighted by Gasteiger charge is 2.27. The summed E-state index contributed by atoms with van der Waals surface area (Å²) >= 11 is 0. The molecule has 3 nitrogen and oxygen atoms in total. The third-order valence-electron chi connectivity index (χ3n) is 3.49. The van der Waals surface area contributed by atoms with Crippen molar-refractivity contribution in [1.82, 2.24) is 15.2 Å². The number of hydrogen-bond donors (Lipinski definition) is 1. The fourth-order valence-electron chi connectivity index (χ4n) is 2.12. The SMILES string of the molecule is CC(NCCN(C)Cc1ccncc1)C1CC1. The first-order chi connectivity index (χ1) is 8.25. The maximum atomic E-state index is 4.03. The van der Waals surface area contributed by atoms with Crippen LogP contribution < -0.4 is 5.32 Å². The second-order valence-corrected chi connectivity index (χ2v) is 5.17. The first-order valence-electron chi connectivity index (χ1n) is 6.56. The zero-order valence-corrected chi connectivity index (χ0v) is 10.9. The van der Waals surface area contributed by atoms with Gasteiger partial charge in [-0.05, 0) is 50.4 Å². The van der Waals surface area contributed by atoms with Crippen LogP contribution >= 0.6 is 0 Å². The molecule has 0 bridgehead atoms. The van der Waals surface area contributed by atoms with Crippen molar-refractivity contribution in [2.24, 2.45) is 5.92 Å². The molecule has 1 unspecified atom stereocenters. The molecule has 3 heteroatoms. The van der Waals surface area contributed by atoms with E-state index in [1.54, 1.807) is 0 Å². The molecule has 0 aromatic carbocycles. The highest BCUT2D eigenvalue weighted by atomic mass is 15.1. The molecule has 1 atom stereocenters. The molecule has 1 saturated carbocycles. The van der Waals surface area contributed by atoms with E-state index in [0.29, 0.717) is 6.04 Å². The van der Waals surface area contributed by atoms with Crippen molar-refractivity contribution in [2.75, 3.05) is 20.1 Å². The Hall–Kier alpha value is -0.930. The lowest BCUT2D eigenvalue weighted by molar-refractivity contribution is 0.315. The van der Waals surface area contributed by atoms with Gasteiger partial charge in [-0.1, -0.05) is 0 Å². The Morgan fingerprint density at radius 1 is 1.41 bits per heavy atom. The molecular weight excluding hydrogens is 210 g/mol. The number of nitrogens with one attached hydrogen (secondary N) is 1. The van der Waals surface area contributed by atoms with Gasteiger partial charge in [0.15, 0.2) is 0 Å². The normalized spacial score (nSPS) is 17.4. The number of rotatable bonds is 7. The van der Waals surface area contributed by atoms with Crippen molar-refractivity contribution in [2.45, 2.75) is 32.4 Å². The second kappa shape index (κ2) is 6.12. The molecule has 2 rings (SSSR count). The van der Waals surface area contributed by atoms with Crippen LogP contribution in [0.1, 0.15) is 25.3 Å². The van der Waals surface area contributed by atoms with Gasteiger partial charge in [0.05, 0.1) is 0 Å². The minimum atomic E-state index is 0.698. The van der Waals surface area contributed by atoms with Crippen molar-refractivity contribution in [1.29, 1.82) is 0 Å². The summed E-state index contributed by atoms with van der Waals surface area (Å²) in [6, 6.07) is 4.86. The monoisotopic (exact) mass is 233 g/mol. The van der Waals surface area contributed by atoms with E-state index in [0.717, 1.165) is 25.6 Å². The standard InChI is InChI=1S/C14H23N3/c1-12(14-3-4-14)16-9-10-17(2)11-13-5-7-15-8-6-13/h5-8,12,14,16H,3-4,9-11H2,1-2H3. The maximum Gasteiger partial charge on any atom is 0.0271 e. The summed E-state index contributed by atoms with van der Waals surface area (Å²) in [6.07, 6.45) is 6.55. The van der Waals surface area contributed by atoms with Crippen LogP contribution in [0.25, 0.3) is 0 Å². The first kappa shape index (κ1) is 12.5. The second-order valence-electron chi connectivity index (χ2n) is 5.17. The molecule has 1 aromatic rings. The Balaban J connectivity index is 1.62. The predicted molar refractivity (Wildman–Crippen MR) is 70.8 cm³/mol. The largest absolute Gasteiger partial charge is 0.313 e. The Bertz CT molecular complexity index is 321. The highest BCUT2D eigenvalue weighted by Crippen LogP contribution is 2.32. The summed E-state index contributed by atoms with van der Waals surface area (Å²) in [4.78, 5) is 6.38. The summed E-state index contributed by atoms with van der Waals surface area (Å²) in [5.41, 5.74) is 1.33. The summed E-state index contributed by atoms with van der Waals surface area (Å²) in [5.74, 6) is 0.945. The highest BCUT2D eigenvalue weighted by molar-refractivity contribution is 5.09. The number of aromatic nitrogens is 1. The zero-order chi connectivity index (χ0) is 12.1.